The summed E-state index contributed by atoms with van der Waals surface area (Å²) >= 11 is 3.43. The summed E-state index contributed by atoms with van der Waals surface area (Å²) in [6.45, 7) is 3.49. The first kappa shape index (κ1) is 15.2. The molecule has 0 aliphatic carbocycles. The molecular formula is C15H20BrNO3. The van der Waals surface area contributed by atoms with Crippen LogP contribution >= 0.6 is 15.9 Å². The molecule has 1 atom stereocenters. The van der Waals surface area contributed by atoms with Gasteiger partial charge >= 0.3 is 0 Å². The summed E-state index contributed by atoms with van der Waals surface area (Å²) in [4.78, 5) is 14.2. The number of carbonyl (C=O) groups is 1. The summed E-state index contributed by atoms with van der Waals surface area (Å²) < 4.78 is 11.7. The van der Waals surface area contributed by atoms with Gasteiger partial charge < -0.3 is 14.4 Å². The number of benzene rings is 1. The van der Waals surface area contributed by atoms with Crippen molar-refractivity contribution in [1.29, 1.82) is 0 Å². The molecule has 1 aliphatic heterocycles. The number of carbonyl (C=O) groups excluding carboxylic acids is 1. The second-order valence-electron chi connectivity index (χ2n) is 4.94. The van der Waals surface area contributed by atoms with Crippen LogP contribution in [0.15, 0.2) is 22.7 Å². The van der Waals surface area contributed by atoms with Crippen LogP contribution in [0.25, 0.3) is 0 Å². The van der Waals surface area contributed by atoms with Gasteiger partial charge in [-0.15, -0.1) is 0 Å². The molecule has 5 heteroatoms. The Morgan fingerprint density at radius 1 is 1.30 bits per heavy atom. The molecule has 20 heavy (non-hydrogen) atoms. The van der Waals surface area contributed by atoms with Gasteiger partial charge in [0.25, 0.3) is 5.91 Å². The number of likely N-dealkylation sites (tertiary alicyclic amines) is 1. The van der Waals surface area contributed by atoms with E-state index in [4.69, 9.17) is 9.47 Å². The van der Waals surface area contributed by atoms with Crippen LogP contribution in [-0.4, -0.2) is 37.1 Å². The summed E-state index contributed by atoms with van der Waals surface area (Å²) in [6, 6.07) is 5.45. The summed E-state index contributed by atoms with van der Waals surface area (Å²) in [5.41, 5.74) is 0. The lowest BCUT2D eigenvalue weighted by Gasteiger charge is -2.29. The van der Waals surface area contributed by atoms with E-state index in [1.807, 2.05) is 23.1 Å². The van der Waals surface area contributed by atoms with Crippen LogP contribution in [0.5, 0.6) is 11.5 Å². The highest BCUT2D eigenvalue weighted by Crippen LogP contribution is 2.30. The zero-order valence-corrected chi connectivity index (χ0v) is 13.5. The topological polar surface area (TPSA) is 38.8 Å². The van der Waals surface area contributed by atoms with Gasteiger partial charge in [-0.25, -0.2) is 0 Å². The molecule has 0 radical (unpaired) electrons. The molecule has 0 saturated carbocycles. The minimum atomic E-state index is -0.474. The van der Waals surface area contributed by atoms with Gasteiger partial charge in [0.2, 0.25) is 0 Å². The van der Waals surface area contributed by atoms with E-state index in [1.54, 1.807) is 14.0 Å². The first-order valence-corrected chi connectivity index (χ1v) is 7.70. The number of nitrogens with zero attached hydrogens (tertiary/aromatic N) is 1. The Kier molecular flexibility index (Phi) is 5.29. The maximum atomic E-state index is 12.3. The predicted octanol–water partition coefficient (Wildman–Crippen LogP) is 3.24. The first-order valence-electron chi connectivity index (χ1n) is 6.91. The van der Waals surface area contributed by atoms with Crippen LogP contribution in [0.3, 0.4) is 0 Å². The number of hydrogen-bond acceptors (Lipinski definition) is 3. The van der Waals surface area contributed by atoms with Crippen molar-refractivity contribution in [3.63, 3.8) is 0 Å². The average Bonchev–Trinajstić information content (AvgIpc) is 2.49. The second kappa shape index (κ2) is 6.97. The van der Waals surface area contributed by atoms with Crippen molar-refractivity contribution in [2.24, 2.45) is 0 Å². The number of ether oxygens (including phenoxy) is 2. The molecule has 1 heterocycles. The monoisotopic (exact) mass is 341 g/mol. The number of amides is 1. The number of rotatable bonds is 4. The largest absolute Gasteiger partial charge is 0.497 e. The highest BCUT2D eigenvalue weighted by molar-refractivity contribution is 9.10. The van der Waals surface area contributed by atoms with Crippen molar-refractivity contribution in [3.05, 3.63) is 22.7 Å². The summed E-state index contributed by atoms with van der Waals surface area (Å²) in [7, 11) is 1.62. The lowest BCUT2D eigenvalue weighted by Crippen LogP contribution is -2.43. The van der Waals surface area contributed by atoms with Crippen LogP contribution < -0.4 is 9.47 Å². The molecule has 1 fully saturated rings. The van der Waals surface area contributed by atoms with Crippen molar-refractivity contribution < 1.29 is 14.3 Å². The summed E-state index contributed by atoms with van der Waals surface area (Å²) in [5, 5.41) is 0. The van der Waals surface area contributed by atoms with E-state index < -0.39 is 6.10 Å². The Bertz CT molecular complexity index is 472. The maximum absolute atomic E-state index is 12.3. The average molecular weight is 342 g/mol. The quantitative estimate of drug-likeness (QED) is 0.843. The fourth-order valence-corrected chi connectivity index (χ4v) is 2.77. The molecule has 0 N–H and O–H groups in total. The van der Waals surface area contributed by atoms with Crippen LogP contribution in [0.4, 0.5) is 0 Å². The van der Waals surface area contributed by atoms with Gasteiger partial charge in [-0.1, -0.05) is 0 Å². The number of piperidine rings is 1. The van der Waals surface area contributed by atoms with E-state index in [0.717, 1.165) is 36.2 Å². The van der Waals surface area contributed by atoms with E-state index in [2.05, 4.69) is 15.9 Å². The van der Waals surface area contributed by atoms with Gasteiger partial charge in [0.05, 0.1) is 11.6 Å². The van der Waals surface area contributed by atoms with Gasteiger partial charge in [0, 0.05) is 13.1 Å². The number of hydrogen-bond donors (Lipinski definition) is 0. The van der Waals surface area contributed by atoms with Gasteiger partial charge in [0.1, 0.15) is 11.5 Å². The predicted molar refractivity (Wildman–Crippen MR) is 81.2 cm³/mol. The van der Waals surface area contributed by atoms with Crippen molar-refractivity contribution in [2.45, 2.75) is 32.3 Å². The maximum Gasteiger partial charge on any atom is 0.263 e. The summed E-state index contributed by atoms with van der Waals surface area (Å²) in [5.74, 6) is 1.47. The molecular weight excluding hydrogens is 322 g/mol. The van der Waals surface area contributed by atoms with Gasteiger partial charge in [0.15, 0.2) is 6.10 Å². The molecule has 1 amide bonds. The van der Waals surface area contributed by atoms with Gasteiger partial charge in [-0.05, 0) is 60.3 Å². The van der Waals surface area contributed by atoms with Crippen molar-refractivity contribution in [3.8, 4) is 11.5 Å². The highest BCUT2D eigenvalue weighted by atomic mass is 79.9. The van der Waals surface area contributed by atoms with E-state index >= 15 is 0 Å². The van der Waals surface area contributed by atoms with Gasteiger partial charge in [-0.2, -0.15) is 0 Å². The Morgan fingerprint density at radius 3 is 2.60 bits per heavy atom. The second-order valence-corrected chi connectivity index (χ2v) is 5.80. The third-order valence-electron chi connectivity index (χ3n) is 3.46. The Morgan fingerprint density at radius 2 is 2.00 bits per heavy atom. The van der Waals surface area contributed by atoms with Crippen molar-refractivity contribution >= 4 is 21.8 Å². The smallest absolute Gasteiger partial charge is 0.263 e. The molecule has 0 spiro atoms. The third-order valence-corrected chi connectivity index (χ3v) is 4.08. The van der Waals surface area contributed by atoms with Gasteiger partial charge in [-0.3, -0.25) is 4.79 Å². The molecule has 1 saturated heterocycles. The Balaban J connectivity index is 1.99. The molecule has 110 valence electrons. The molecule has 1 aromatic carbocycles. The van der Waals surface area contributed by atoms with Crippen LogP contribution in [-0.2, 0) is 4.79 Å². The Hall–Kier alpha value is -1.23. The minimum Gasteiger partial charge on any atom is -0.497 e. The molecule has 1 unspecified atom stereocenters. The number of methoxy groups -OCH3 is 1. The molecule has 0 bridgehead atoms. The fraction of sp³-hybridized carbons (Fsp3) is 0.533. The zero-order chi connectivity index (χ0) is 14.5. The van der Waals surface area contributed by atoms with E-state index in [-0.39, 0.29) is 5.91 Å². The molecule has 0 aromatic heterocycles. The summed E-state index contributed by atoms with van der Waals surface area (Å²) in [6.07, 6.45) is 2.91. The van der Waals surface area contributed by atoms with Crippen molar-refractivity contribution in [2.75, 3.05) is 20.2 Å². The van der Waals surface area contributed by atoms with E-state index in [1.165, 1.54) is 6.42 Å². The minimum absolute atomic E-state index is 0.0624. The van der Waals surface area contributed by atoms with Crippen molar-refractivity contribution in [1.82, 2.24) is 4.90 Å². The molecule has 1 aliphatic rings. The SMILES string of the molecule is COc1ccc(OC(C)C(=O)N2CCCCC2)c(Br)c1. The third kappa shape index (κ3) is 3.66. The van der Waals surface area contributed by atoms with Crippen LogP contribution in [0.1, 0.15) is 26.2 Å². The highest BCUT2D eigenvalue weighted by Gasteiger charge is 2.23. The Labute approximate surface area is 128 Å². The van der Waals surface area contributed by atoms with E-state index in [0.29, 0.717) is 5.75 Å². The normalized spacial score (nSPS) is 16.6. The number of halogens is 1. The molecule has 1 aromatic rings. The standard InChI is InChI=1S/C15H20BrNO3/c1-11(15(18)17-8-4-3-5-9-17)20-14-7-6-12(19-2)10-13(14)16/h6-7,10-11H,3-5,8-9H2,1-2H3. The lowest BCUT2D eigenvalue weighted by atomic mass is 10.1. The fourth-order valence-electron chi connectivity index (χ4n) is 2.32. The first-order chi connectivity index (χ1) is 9.61. The zero-order valence-electron chi connectivity index (χ0n) is 11.9. The van der Waals surface area contributed by atoms with Crippen LogP contribution in [0.2, 0.25) is 0 Å². The molecule has 2 rings (SSSR count). The lowest BCUT2D eigenvalue weighted by molar-refractivity contribution is -0.138. The van der Waals surface area contributed by atoms with Crippen LogP contribution in [0, 0.1) is 0 Å². The molecule has 4 nitrogen and oxygen atoms in total. The van der Waals surface area contributed by atoms with E-state index in [9.17, 15) is 4.79 Å².